The number of carbonyl (C=O) groups is 1. The Bertz CT molecular complexity index is 624. The fourth-order valence-corrected chi connectivity index (χ4v) is 2.32. The van der Waals surface area contributed by atoms with Gasteiger partial charge in [-0.1, -0.05) is 0 Å². The fourth-order valence-electron chi connectivity index (χ4n) is 2.32. The molecule has 7 nitrogen and oxygen atoms in total. The number of likely N-dealkylation sites (tertiary alicyclic amines) is 1. The van der Waals surface area contributed by atoms with Crippen LogP contribution < -0.4 is 5.32 Å². The zero-order valence-electron chi connectivity index (χ0n) is 10.6. The number of nitrogens with zero attached hydrogens (tertiary/aromatic N) is 4. The maximum Gasteiger partial charge on any atom is 0.356 e. The maximum absolute atomic E-state index is 10.8. The number of hydrogen-bond acceptors (Lipinski definition) is 5. The van der Waals surface area contributed by atoms with Crippen molar-refractivity contribution in [2.45, 2.75) is 12.5 Å². The number of likely N-dealkylation sites (N-methyl/N-ethyl adjacent to an activating group) is 1. The van der Waals surface area contributed by atoms with Crippen LogP contribution in [0.15, 0.2) is 18.3 Å². The molecule has 0 saturated carbocycles. The van der Waals surface area contributed by atoms with Gasteiger partial charge in [-0.2, -0.15) is 0 Å². The molecule has 2 N–H and O–H groups in total. The summed E-state index contributed by atoms with van der Waals surface area (Å²) in [6, 6.07) is 3.98. The highest BCUT2D eigenvalue weighted by molar-refractivity contribution is 5.86. The summed E-state index contributed by atoms with van der Waals surface area (Å²) in [5, 5.41) is 16.6. The van der Waals surface area contributed by atoms with Crippen molar-refractivity contribution in [3.8, 4) is 0 Å². The van der Waals surface area contributed by atoms with Gasteiger partial charge in [-0.15, -0.1) is 5.10 Å². The van der Waals surface area contributed by atoms with Crippen LogP contribution in [0, 0.1) is 0 Å². The molecule has 19 heavy (non-hydrogen) atoms. The van der Waals surface area contributed by atoms with Crippen molar-refractivity contribution in [1.82, 2.24) is 19.5 Å². The van der Waals surface area contributed by atoms with Crippen molar-refractivity contribution in [2.75, 3.05) is 25.5 Å². The highest BCUT2D eigenvalue weighted by Crippen LogP contribution is 2.14. The van der Waals surface area contributed by atoms with Gasteiger partial charge in [0.15, 0.2) is 11.3 Å². The molecule has 1 fully saturated rings. The molecule has 2 aromatic rings. The molecule has 0 amide bonds. The lowest BCUT2D eigenvalue weighted by Gasteiger charge is -2.13. The van der Waals surface area contributed by atoms with E-state index in [0.29, 0.717) is 11.7 Å². The van der Waals surface area contributed by atoms with Gasteiger partial charge in [0.25, 0.3) is 0 Å². The molecule has 1 unspecified atom stereocenters. The lowest BCUT2D eigenvalue weighted by Crippen LogP contribution is -2.24. The van der Waals surface area contributed by atoms with Gasteiger partial charge in [-0.25, -0.2) is 14.3 Å². The summed E-state index contributed by atoms with van der Waals surface area (Å²) >= 11 is 0. The predicted octanol–water partition coefficient (Wildman–Crippen LogP) is 0.544. The first-order valence-corrected chi connectivity index (χ1v) is 6.16. The largest absolute Gasteiger partial charge is 0.476 e. The van der Waals surface area contributed by atoms with Crippen molar-refractivity contribution in [3.05, 3.63) is 24.0 Å². The molecule has 1 aliphatic heterocycles. The second-order valence-electron chi connectivity index (χ2n) is 4.84. The van der Waals surface area contributed by atoms with Gasteiger partial charge in [0.05, 0.1) is 6.20 Å². The molecule has 0 aromatic carbocycles. The van der Waals surface area contributed by atoms with E-state index in [-0.39, 0.29) is 5.69 Å². The Morgan fingerprint density at radius 3 is 3.05 bits per heavy atom. The van der Waals surface area contributed by atoms with E-state index in [1.807, 2.05) is 6.07 Å². The number of rotatable bonds is 3. The van der Waals surface area contributed by atoms with Gasteiger partial charge in [-0.05, 0) is 32.1 Å². The number of hydrogen-bond donors (Lipinski definition) is 2. The average Bonchev–Trinajstić information content (AvgIpc) is 2.95. The van der Waals surface area contributed by atoms with E-state index in [2.05, 4.69) is 27.3 Å². The number of nitrogens with one attached hydrogen (secondary N) is 1. The molecule has 1 atom stereocenters. The standard InChI is InChI=1S/C12H15N5O2/c1-16-5-4-8(6-16)13-10-2-3-11-14-9(12(18)19)7-17(11)15-10/h2-3,7-8H,4-6H2,1H3,(H,13,15)(H,18,19). The molecule has 1 aliphatic rings. The molecule has 1 saturated heterocycles. The molecule has 0 radical (unpaired) electrons. The van der Waals surface area contributed by atoms with Gasteiger partial charge < -0.3 is 15.3 Å². The number of aromatic carboxylic acids is 1. The lowest BCUT2D eigenvalue weighted by molar-refractivity contribution is 0.0691. The van der Waals surface area contributed by atoms with Gasteiger partial charge in [-0.3, -0.25) is 0 Å². The Morgan fingerprint density at radius 1 is 1.53 bits per heavy atom. The Labute approximate surface area is 109 Å². The first-order valence-electron chi connectivity index (χ1n) is 6.16. The van der Waals surface area contributed by atoms with Crippen LogP contribution in [-0.4, -0.2) is 56.8 Å². The third-order valence-corrected chi connectivity index (χ3v) is 3.28. The van der Waals surface area contributed by atoms with E-state index in [0.717, 1.165) is 25.3 Å². The van der Waals surface area contributed by atoms with Crippen LogP contribution in [0.25, 0.3) is 5.65 Å². The lowest BCUT2D eigenvalue weighted by atomic mass is 10.2. The number of carboxylic acid groups (broad SMARTS) is 1. The average molecular weight is 261 g/mol. The summed E-state index contributed by atoms with van der Waals surface area (Å²) < 4.78 is 1.49. The molecule has 3 rings (SSSR count). The summed E-state index contributed by atoms with van der Waals surface area (Å²) in [5.74, 6) is -0.306. The minimum atomic E-state index is -1.04. The van der Waals surface area contributed by atoms with E-state index in [1.54, 1.807) is 6.07 Å². The molecule has 100 valence electrons. The van der Waals surface area contributed by atoms with E-state index >= 15 is 0 Å². The molecular formula is C12H15N5O2. The summed E-state index contributed by atoms with van der Waals surface area (Å²) in [7, 11) is 2.09. The zero-order valence-corrected chi connectivity index (χ0v) is 10.6. The Hall–Kier alpha value is -2.15. The molecule has 2 aromatic heterocycles. The van der Waals surface area contributed by atoms with Crippen LogP contribution in [0.4, 0.5) is 5.82 Å². The number of imidazole rings is 1. The first-order chi connectivity index (χ1) is 9.11. The molecule has 0 spiro atoms. The SMILES string of the molecule is CN1CCC(Nc2ccc3nc(C(=O)O)cn3n2)C1. The minimum absolute atomic E-state index is 0.00486. The van der Waals surface area contributed by atoms with Crippen LogP contribution in [0.1, 0.15) is 16.9 Å². The predicted molar refractivity (Wildman–Crippen MR) is 69.5 cm³/mol. The van der Waals surface area contributed by atoms with Crippen molar-refractivity contribution in [1.29, 1.82) is 0 Å². The zero-order chi connectivity index (χ0) is 13.4. The highest BCUT2D eigenvalue weighted by Gasteiger charge is 2.19. The summed E-state index contributed by atoms with van der Waals surface area (Å²) in [6.45, 7) is 2.07. The minimum Gasteiger partial charge on any atom is -0.476 e. The third-order valence-electron chi connectivity index (χ3n) is 3.28. The van der Waals surface area contributed by atoms with Crippen molar-refractivity contribution in [3.63, 3.8) is 0 Å². The van der Waals surface area contributed by atoms with Crippen LogP contribution in [-0.2, 0) is 0 Å². The summed E-state index contributed by atoms with van der Waals surface area (Å²) in [6.07, 6.45) is 2.50. The van der Waals surface area contributed by atoms with Crippen LogP contribution in [0.3, 0.4) is 0 Å². The number of aromatic nitrogens is 3. The first kappa shape index (κ1) is 11.9. The maximum atomic E-state index is 10.8. The Balaban J connectivity index is 1.83. The van der Waals surface area contributed by atoms with E-state index < -0.39 is 5.97 Å². The molecular weight excluding hydrogens is 246 g/mol. The van der Waals surface area contributed by atoms with Gasteiger partial charge >= 0.3 is 5.97 Å². The second-order valence-corrected chi connectivity index (χ2v) is 4.84. The smallest absolute Gasteiger partial charge is 0.356 e. The van der Waals surface area contributed by atoms with Gasteiger partial charge in [0.1, 0.15) is 5.82 Å². The quantitative estimate of drug-likeness (QED) is 0.839. The number of fused-ring (bicyclic) bond motifs is 1. The Kier molecular flexibility index (Phi) is 2.83. The van der Waals surface area contributed by atoms with Crippen molar-refractivity contribution in [2.24, 2.45) is 0 Å². The highest BCUT2D eigenvalue weighted by atomic mass is 16.4. The van der Waals surface area contributed by atoms with E-state index in [1.165, 1.54) is 10.7 Å². The summed E-state index contributed by atoms with van der Waals surface area (Å²) in [5.41, 5.74) is 0.539. The molecule has 0 bridgehead atoms. The van der Waals surface area contributed by atoms with E-state index in [9.17, 15) is 4.79 Å². The van der Waals surface area contributed by atoms with Crippen LogP contribution >= 0.6 is 0 Å². The normalized spacial score (nSPS) is 19.9. The second kappa shape index (κ2) is 4.51. The molecule has 7 heteroatoms. The topological polar surface area (TPSA) is 82.8 Å². The number of anilines is 1. The van der Waals surface area contributed by atoms with Crippen LogP contribution in [0.5, 0.6) is 0 Å². The summed E-state index contributed by atoms with van der Waals surface area (Å²) in [4.78, 5) is 17.1. The number of carboxylic acids is 1. The van der Waals surface area contributed by atoms with Gasteiger partial charge in [0, 0.05) is 12.6 Å². The van der Waals surface area contributed by atoms with E-state index in [4.69, 9.17) is 5.11 Å². The third kappa shape index (κ3) is 2.37. The fraction of sp³-hybridized carbons (Fsp3) is 0.417. The van der Waals surface area contributed by atoms with Gasteiger partial charge in [0.2, 0.25) is 0 Å². The molecule has 3 heterocycles. The molecule has 0 aliphatic carbocycles. The van der Waals surface area contributed by atoms with Crippen LogP contribution in [0.2, 0.25) is 0 Å². The van der Waals surface area contributed by atoms with Crippen molar-refractivity contribution < 1.29 is 9.90 Å². The van der Waals surface area contributed by atoms with Crippen molar-refractivity contribution >= 4 is 17.4 Å². The monoisotopic (exact) mass is 261 g/mol. The Morgan fingerprint density at radius 2 is 2.37 bits per heavy atom.